The summed E-state index contributed by atoms with van der Waals surface area (Å²) in [4.78, 5) is 86.2. The second-order valence-corrected chi connectivity index (χ2v) is 28.0. The van der Waals surface area contributed by atoms with Crippen LogP contribution in [-0.4, -0.2) is 146 Å². The summed E-state index contributed by atoms with van der Waals surface area (Å²) in [6.07, 6.45) is 5.23. The third-order valence-electron chi connectivity index (χ3n) is 13.7. The van der Waals surface area contributed by atoms with E-state index in [1.807, 2.05) is 6.92 Å². The Bertz CT molecular complexity index is 3580. The second kappa shape index (κ2) is 21.9. The Morgan fingerprint density at radius 2 is 1.05 bits per heavy atom. The maximum Gasteiger partial charge on any atom is 0.351 e. The molecule has 0 aliphatic carbocycles. The number of nitrogens with two attached hydrogens (primary N) is 5. The van der Waals surface area contributed by atoms with Gasteiger partial charge in [0.05, 0.1) is 68.9 Å². The Morgan fingerprint density at radius 3 is 1.60 bits per heavy atom. The van der Waals surface area contributed by atoms with E-state index < -0.39 is 99.1 Å². The quantitative estimate of drug-likeness (QED) is 0.0466. The molecule has 11 rings (SSSR count). The molecule has 0 radical (unpaired) electrons. The number of hydrogen-bond donors (Lipinski definition) is 11. The predicted octanol–water partition coefficient (Wildman–Crippen LogP) is -0.231. The fourth-order valence-corrected chi connectivity index (χ4v) is 15.0. The highest BCUT2D eigenvalue weighted by Crippen LogP contribution is 2.48. The van der Waals surface area contributed by atoms with Crippen molar-refractivity contribution in [3.8, 4) is 0 Å². The largest absolute Gasteiger partial charge is 0.397 e. The van der Waals surface area contributed by atoms with Crippen molar-refractivity contribution in [2.75, 3.05) is 42.8 Å². The molecule has 15 atom stereocenters. The third-order valence-corrected chi connectivity index (χ3v) is 19.1. The molecule has 0 saturated carbocycles. The summed E-state index contributed by atoms with van der Waals surface area (Å²) < 4.78 is 49.7. The average molecular weight is 1190 g/mol. The van der Waals surface area contributed by atoms with E-state index in [1.165, 1.54) is 35.8 Å². The Hall–Kier alpha value is -4.81. The van der Waals surface area contributed by atoms with Crippen molar-refractivity contribution in [2.45, 2.75) is 106 Å². The van der Waals surface area contributed by atoms with Crippen LogP contribution in [0.2, 0.25) is 0 Å². The lowest BCUT2D eigenvalue weighted by molar-refractivity contribution is -0.0251. The zero-order chi connectivity index (χ0) is 54.8. The maximum atomic E-state index is 13.0. The van der Waals surface area contributed by atoms with Crippen LogP contribution >= 0.6 is 19.9 Å². The summed E-state index contributed by atoms with van der Waals surface area (Å²) in [5.74, 6) is 0.369. The molecule has 38 heteroatoms. The molecule has 418 valence electrons. The molecule has 0 bridgehead atoms. The first kappa shape index (κ1) is 55.1. The summed E-state index contributed by atoms with van der Waals surface area (Å²) in [6.45, 7) is -10.8. The van der Waals surface area contributed by atoms with Crippen molar-refractivity contribution >= 4 is 112 Å². The van der Waals surface area contributed by atoms with Crippen molar-refractivity contribution in [3.63, 3.8) is 0 Å². The normalized spacial score (nSPS) is 29.9. The number of nitrogens with one attached hydrogen (secondary N) is 3. The highest BCUT2D eigenvalue weighted by Gasteiger charge is 2.45. The van der Waals surface area contributed by atoms with Crippen LogP contribution in [0.3, 0.4) is 0 Å². The Balaban J connectivity index is 0.764. The van der Waals surface area contributed by atoms with Crippen LogP contribution in [0, 0.1) is 0 Å². The first-order chi connectivity index (χ1) is 37.2. The lowest BCUT2D eigenvalue weighted by atomic mass is 10.1. The van der Waals surface area contributed by atoms with Gasteiger partial charge in [-0.3, -0.25) is 18.3 Å². The van der Waals surface area contributed by atoms with E-state index in [0.717, 1.165) is 0 Å². The predicted molar refractivity (Wildman–Crippen MR) is 290 cm³/mol. The van der Waals surface area contributed by atoms with Crippen LogP contribution in [0.4, 0.5) is 23.1 Å². The van der Waals surface area contributed by atoms with E-state index in [4.69, 9.17) is 96.6 Å². The molecular formula is C40H54N21O11P3S3. The number of hydrogen-bond acceptors (Lipinski definition) is 25. The lowest BCUT2D eigenvalue weighted by Gasteiger charge is -2.29. The van der Waals surface area contributed by atoms with Gasteiger partial charge in [-0.1, -0.05) is 0 Å². The topological polar surface area (TPSA) is 444 Å². The van der Waals surface area contributed by atoms with Gasteiger partial charge in [0.25, 0.3) is 19.9 Å². The van der Waals surface area contributed by atoms with Gasteiger partial charge in [-0.05, 0) is 54.5 Å². The van der Waals surface area contributed by atoms with Gasteiger partial charge in [-0.15, -0.1) is 0 Å². The van der Waals surface area contributed by atoms with Gasteiger partial charge in [0.1, 0.15) is 59.9 Å². The zero-order valence-electron chi connectivity index (χ0n) is 40.9. The molecule has 4 fully saturated rings. The molecule has 7 unspecified atom stereocenters. The van der Waals surface area contributed by atoms with Gasteiger partial charge in [0, 0.05) is 62.2 Å². The van der Waals surface area contributed by atoms with Gasteiger partial charge in [-0.2, -0.15) is 4.98 Å². The number of rotatable bonds is 19. The van der Waals surface area contributed by atoms with Crippen LogP contribution in [-0.2, 0) is 67.9 Å². The Kier molecular flexibility index (Phi) is 15.5. The highest BCUT2D eigenvalue weighted by molar-refractivity contribution is 8.09. The summed E-state index contributed by atoms with van der Waals surface area (Å²) in [5.41, 5.74) is 32.9. The van der Waals surface area contributed by atoms with Crippen molar-refractivity contribution in [3.05, 3.63) is 66.6 Å². The minimum absolute atomic E-state index is 0.00249. The minimum atomic E-state index is -4.03. The lowest BCUT2D eigenvalue weighted by Crippen LogP contribution is -2.40. The van der Waals surface area contributed by atoms with Crippen LogP contribution < -0.4 is 49.6 Å². The molecule has 4 saturated heterocycles. The third kappa shape index (κ3) is 11.6. The zero-order valence-corrected chi connectivity index (χ0v) is 46.1. The summed E-state index contributed by atoms with van der Waals surface area (Å²) in [6, 6.07) is 0.426. The molecule has 0 amide bonds. The molecular weight excluding hydrogens is 1140 g/mol. The first-order valence-electron chi connectivity index (χ1n) is 24.1. The van der Waals surface area contributed by atoms with E-state index in [0.29, 0.717) is 52.0 Å². The number of pyridine rings is 1. The van der Waals surface area contributed by atoms with Crippen LogP contribution in [0.15, 0.2) is 61.0 Å². The van der Waals surface area contributed by atoms with Crippen molar-refractivity contribution in [1.29, 1.82) is 0 Å². The van der Waals surface area contributed by atoms with Crippen LogP contribution in [0.1, 0.15) is 57.5 Å². The standard InChI is InChI=1S/C40H54N21O11P3S3/c1-18-21(7-30(69-18)60-16-52-33-35(44)47-13-49-38(33)60)55-73(63,76)67-11-25-22(8-29(71-25)58-5-3-27(43)54-40(58)62)56-75(65,78)68-12-26-23(9-31(72-26)61-17-53-34-36(45)48-14-50-39(34)61)57-74(64,77)66-10-24-20(42)6-28(70-24)59-15-51-32-19(41)2-4-46-37(32)59/h2-5,13-18,20-26,28-31H,6-12,42H2,1H3,(H2,41,46)(H2,43,54,62)(H2,44,47,49)(H2,45,48,50)(H2,55,63,76)(H2,56,65,78)(H2,57,64,77)/t18-,20?,21?,22?,23?,24-,25-,26-,28-,29-,30-,31-,73?,74?,75?/m1/s1. The number of ether oxygens (including phenoxy) is 4. The van der Waals surface area contributed by atoms with E-state index in [-0.39, 0.29) is 50.1 Å². The van der Waals surface area contributed by atoms with E-state index in [9.17, 15) is 19.5 Å². The highest BCUT2D eigenvalue weighted by atomic mass is 32.5. The molecule has 0 aromatic carbocycles. The molecule has 16 N–H and O–H groups in total. The molecule has 0 spiro atoms. The molecule has 4 aliphatic rings. The van der Waals surface area contributed by atoms with Gasteiger partial charge in [0.15, 0.2) is 28.6 Å². The van der Waals surface area contributed by atoms with E-state index in [1.54, 1.807) is 38.6 Å². The Morgan fingerprint density at radius 1 is 0.603 bits per heavy atom. The summed E-state index contributed by atoms with van der Waals surface area (Å²) in [7, 11) is 0. The maximum absolute atomic E-state index is 13.0. The van der Waals surface area contributed by atoms with Crippen LogP contribution in [0.5, 0.6) is 0 Å². The van der Waals surface area contributed by atoms with Crippen molar-refractivity contribution < 1.29 is 47.2 Å². The average Bonchev–Trinajstić information content (AvgIpc) is 4.37. The van der Waals surface area contributed by atoms with Gasteiger partial charge < -0.3 is 75.9 Å². The SMILES string of the molecule is C[C@H]1O[C@@H](n2cnc3c(N)ncnc32)CC1NP(O)(=S)OC[C@H]1O[C@@H](n2ccc(N)nc2=O)CC1NP(O)(=S)OC[C@H]1O[C@@H](n2cnc3c(N)ncnc32)CC1NP(O)(=S)OC[C@H]1O[C@@H](n2cnc3c(N)ccnc32)CC1N. The Labute approximate surface area is 456 Å². The molecule has 4 aliphatic heterocycles. The number of fused-ring (bicyclic) bond motifs is 3. The van der Waals surface area contributed by atoms with Crippen LogP contribution in [0.25, 0.3) is 33.5 Å². The smallest absolute Gasteiger partial charge is 0.351 e. The molecule has 7 aromatic rings. The first-order valence-corrected chi connectivity index (χ1v) is 32.1. The van der Waals surface area contributed by atoms with Gasteiger partial charge >= 0.3 is 5.69 Å². The molecule has 7 aromatic heterocycles. The number of aromatic nitrogens is 13. The minimum Gasteiger partial charge on any atom is -0.397 e. The molecule has 32 nitrogen and oxygen atoms in total. The van der Waals surface area contributed by atoms with Gasteiger partial charge in [-0.25, -0.2) is 59.9 Å². The number of anilines is 4. The fourth-order valence-electron chi connectivity index (χ4n) is 9.85. The second-order valence-electron chi connectivity index (χ2n) is 18.9. The molecule has 78 heavy (non-hydrogen) atoms. The summed E-state index contributed by atoms with van der Waals surface area (Å²) >= 11 is 17.0. The number of imidazole rings is 3. The fraction of sp³-hybridized carbons (Fsp3) is 0.500. The summed E-state index contributed by atoms with van der Waals surface area (Å²) in [5, 5.41) is 9.10. The molecule has 11 heterocycles. The van der Waals surface area contributed by atoms with Crippen molar-refractivity contribution in [1.82, 2.24) is 78.4 Å². The van der Waals surface area contributed by atoms with Gasteiger partial charge in [0.2, 0.25) is 0 Å². The number of nitrogens with zero attached hydrogens (tertiary/aromatic N) is 13. The monoisotopic (exact) mass is 1190 g/mol. The van der Waals surface area contributed by atoms with Crippen molar-refractivity contribution in [2.24, 2.45) is 5.73 Å². The van der Waals surface area contributed by atoms with E-state index in [2.05, 4.69) is 60.1 Å². The van der Waals surface area contributed by atoms with E-state index >= 15 is 0 Å². The number of nitrogen functional groups attached to an aromatic ring is 4.